The van der Waals surface area contributed by atoms with E-state index in [4.69, 9.17) is 5.73 Å². The van der Waals surface area contributed by atoms with Gasteiger partial charge in [0.05, 0.1) is 9.79 Å². The number of hydrogen-bond donors (Lipinski definition) is 1. The second-order valence-corrected chi connectivity index (χ2v) is 11.1. The van der Waals surface area contributed by atoms with E-state index in [0.717, 1.165) is 22.5 Å². The minimum absolute atomic E-state index is 0. The molecule has 0 fully saturated rings. The first-order chi connectivity index (χ1) is 12.2. The Morgan fingerprint density at radius 3 is 2.15 bits per heavy atom. The van der Waals surface area contributed by atoms with Crippen LogP contribution in [0.1, 0.15) is 4.88 Å². The maximum atomic E-state index is 12.9. The van der Waals surface area contributed by atoms with Gasteiger partial charge in [0.1, 0.15) is 4.21 Å². The van der Waals surface area contributed by atoms with Crippen molar-refractivity contribution in [2.75, 3.05) is 6.26 Å². The first-order valence-corrected chi connectivity index (χ1v) is 11.9. The molecule has 3 rings (SSSR count). The van der Waals surface area contributed by atoms with Crippen molar-refractivity contribution in [1.82, 2.24) is 0 Å². The van der Waals surface area contributed by atoms with Crippen molar-refractivity contribution in [3.05, 3.63) is 65.5 Å². The fourth-order valence-electron chi connectivity index (χ4n) is 2.56. The van der Waals surface area contributed by atoms with Gasteiger partial charge >= 0.3 is 0 Å². The molecule has 5 nitrogen and oxygen atoms in total. The summed E-state index contributed by atoms with van der Waals surface area (Å²) >= 11 is 1.09. The molecule has 1 heterocycles. The lowest BCUT2D eigenvalue weighted by atomic mass is 10.1. The van der Waals surface area contributed by atoms with Crippen molar-refractivity contribution >= 4 is 43.4 Å². The van der Waals surface area contributed by atoms with Gasteiger partial charge in [-0.2, -0.15) is 0 Å². The zero-order valence-electron chi connectivity index (χ0n) is 14.3. The molecule has 27 heavy (non-hydrogen) atoms. The molecule has 0 aliphatic rings. The smallest absolute Gasteiger partial charge is 0.216 e. The summed E-state index contributed by atoms with van der Waals surface area (Å²) in [5, 5.41) is 0. The second-order valence-electron chi connectivity index (χ2n) is 5.72. The molecule has 144 valence electrons. The lowest BCUT2D eigenvalue weighted by Crippen LogP contribution is -2.05. The Balaban J connectivity index is 0.00000261. The van der Waals surface area contributed by atoms with E-state index in [2.05, 4.69) is 0 Å². The number of hydrogen-bond acceptors (Lipinski definition) is 6. The number of thiophene rings is 1. The van der Waals surface area contributed by atoms with Crippen LogP contribution in [0.15, 0.2) is 74.7 Å². The minimum atomic E-state index is -3.81. The van der Waals surface area contributed by atoms with Gasteiger partial charge in [-0.1, -0.05) is 36.4 Å². The molecule has 0 amide bonds. The summed E-state index contributed by atoms with van der Waals surface area (Å²) < 4.78 is 50.4. The molecule has 0 saturated carbocycles. The largest absolute Gasteiger partial charge is 0.326 e. The Kier molecular flexibility index (Phi) is 6.49. The SMILES string of the molecule is CS(=O)(=O)c1cc(S(=O)(=O)c2ccc(CN)s2)ccc1-c1ccccc1.Cl. The Hall–Kier alpha value is -1.71. The third-order valence-electron chi connectivity index (χ3n) is 3.85. The van der Waals surface area contributed by atoms with Crippen molar-refractivity contribution in [3.63, 3.8) is 0 Å². The monoisotopic (exact) mass is 443 g/mol. The fourth-order valence-corrected chi connectivity index (χ4v) is 6.22. The topological polar surface area (TPSA) is 94.3 Å². The van der Waals surface area contributed by atoms with E-state index in [1.54, 1.807) is 30.3 Å². The van der Waals surface area contributed by atoms with Crippen LogP contribution in [-0.2, 0) is 26.2 Å². The lowest BCUT2D eigenvalue weighted by Gasteiger charge is -2.11. The van der Waals surface area contributed by atoms with E-state index in [1.807, 2.05) is 6.07 Å². The number of rotatable bonds is 5. The molecule has 0 unspecified atom stereocenters. The van der Waals surface area contributed by atoms with Crippen LogP contribution < -0.4 is 5.73 Å². The number of nitrogens with two attached hydrogens (primary N) is 1. The first-order valence-electron chi connectivity index (χ1n) is 7.67. The first kappa shape index (κ1) is 21.6. The van der Waals surface area contributed by atoms with Crippen molar-refractivity contribution in [2.24, 2.45) is 5.73 Å². The van der Waals surface area contributed by atoms with Gasteiger partial charge < -0.3 is 5.73 Å². The molecule has 0 atom stereocenters. The standard InChI is InChI=1S/C18H17NO4S3.ClH/c1-25(20,21)17-11-15(8-9-16(17)13-5-3-2-4-6-13)26(22,23)18-10-7-14(12-19)24-18;/h2-11H,12,19H2,1H3;1H. The van der Waals surface area contributed by atoms with Crippen molar-refractivity contribution in [3.8, 4) is 11.1 Å². The van der Waals surface area contributed by atoms with Crippen LogP contribution in [0.25, 0.3) is 11.1 Å². The minimum Gasteiger partial charge on any atom is -0.326 e. The molecule has 0 aliphatic heterocycles. The van der Waals surface area contributed by atoms with Crippen LogP contribution in [0.3, 0.4) is 0 Å². The predicted molar refractivity (Wildman–Crippen MR) is 110 cm³/mol. The molecule has 0 saturated heterocycles. The molecule has 0 radical (unpaired) electrons. The highest BCUT2D eigenvalue weighted by molar-refractivity contribution is 7.93. The van der Waals surface area contributed by atoms with Gasteiger partial charge in [-0.05, 0) is 29.8 Å². The van der Waals surface area contributed by atoms with Crippen molar-refractivity contribution < 1.29 is 16.8 Å². The molecule has 2 N–H and O–H groups in total. The maximum Gasteiger partial charge on any atom is 0.216 e. The summed E-state index contributed by atoms with van der Waals surface area (Å²) in [4.78, 5) is 0.677. The highest BCUT2D eigenvalue weighted by Crippen LogP contribution is 2.33. The van der Waals surface area contributed by atoms with Crippen LogP contribution in [0.2, 0.25) is 0 Å². The molecule has 0 spiro atoms. The molecule has 2 aromatic carbocycles. The number of halogens is 1. The van der Waals surface area contributed by atoms with Crippen LogP contribution in [0, 0.1) is 0 Å². The average Bonchev–Trinajstić information content (AvgIpc) is 3.11. The highest BCUT2D eigenvalue weighted by Gasteiger charge is 2.24. The molecule has 3 aromatic rings. The number of benzene rings is 2. The van der Waals surface area contributed by atoms with E-state index >= 15 is 0 Å². The summed E-state index contributed by atoms with van der Waals surface area (Å²) in [6, 6.07) is 16.3. The van der Waals surface area contributed by atoms with Gasteiger partial charge in [-0.3, -0.25) is 0 Å². The maximum absolute atomic E-state index is 12.9. The fraction of sp³-hybridized carbons (Fsp3) is 0.111. The predicted octanol–water partition coefficient (Wildman–Crippen LogP) is 3.53. The van der Waals surface area contributed by atoms with E-state index in [9.17, 15) is 16.8 Å². The third kappa shape index (κ3) is 4.41. The Bertz CT molecular complexity index is 1150. The van der Waals surface area contributed by atoms with Gasteiger partial charge in [0.2, 0.25) is 9.84 Å². The van der Waals surface area contributed by atoms with Crippen molar-refractivity contribution in [2.45, 2.75) is 20.5 Å². The highest BCUT2D eigenvalue weighted by atomic mass is 35.5. The molecule has 0 aliphatic carbocycles. The van der Waals surface area contributed by atoms with E-state index in [-0.39, 0.29) is 33.0 Å². The van der Waals surface area contributed by atoms with Gasteiger partial charge in [0.15, 0.2) is 9.84 Å². The normalized spacial score (nSPS) is 11.8. The summed E-state index contributed by atoms with van der Waals surface area (Å²) in [5.74, 6) is 0. The third-order valence-corrected chi connectivity index (χ3v) is 8.34. The van der Waals surface area contributed by atoms with E-state index in [0.29, 0.717) is 11.1 Å². The molecule has 9 heteroatoms. The van der Waals surface area contributed by atoms with Crippen molar-refractivity contribution in [1.29, 1.82) is 0 Å². The van der Waals surface area contributed by atoms with E-state index in [1.165, 1.54) is 24.3 Å². The summed E-state index contributed by atoms with van der Waals surface area (Å²) in [6.07, 6.45) is 1.07. The Morgan fingerprint density at radius 2 is 1.59 bits per heavy atom. The van der Waals surface area contributed by atoms with Gasteiger partial charge in [-0.25, -0.2) is 16.8 Å². The van der Waals surface area contributed by atoms with Crippen LogP contribution in [0.5, 0.6) is 0 Å². The quantitative estimate of drug-likeness (QED) is 0.650. The summed E-state index contributed by atoms with van der Waals surface area (Å²) in [6.45, 7) is 0.252. The molecular formula is C18H18ClNO4S3. The lowest BCUT2D eigenvalue weighted by molar-refractivity contribution is 0.597. The van der Waals surface area contributed by atoms with Gasteiger partial charge in [0.25, 0.3) is 0 Å². The van der Waals surface area contributed by atoms with E-state index < -0.39 is 19.7 Å². The summed E-state index contributed by atoms with van der Waals surface area (Å²) in [5.41, 5.74) is 6.73. The molecule has 0 bridgehead atoms. The average molecular weight is 444 g/mol. The molecular weight excluding hydrogens is 426 g/mol. The number of sulfone groups is 2. The summed E-state index contributed by atoms with van der Waals surface area (Å²) in [7, 11) is -7.44. The second kappa shape index (κ2) is 8.12. The Labute approximate surface area is 169 Å². The van der Waals surface area contributed by atoms with Crippen LogP contribution >= 0.6 is 23.7 Å². The molecule has 1 aromatic heterocycles. The zero-order chi connectivity index (χ0) is 18.9. The van der Waals surface area contributed by atoms with Crippen LogP contribution in [-0.4, -0.2) is 23.1 Å². The van der Waals surface area contributed by atoms with Gasteiger partial charge in [0, 0.05) is 23.2 Å². The zero-order valence-corrected chi connectivity index (χ0v) is 17.6. The van der Waals surface area contributed by atoms with Gasteiger partial charge in [-0.15, -0.1) is 23.7 Å². The Morgan fingerprint density at radius 1 is 0.926 bits per heavy atom. The van der Waals surface area contributed by atoms with Crippen LogP contribution in [0.4, 0.5) is 0 Å².